The number of benzene rings is 2. The molecule has 0 aliphatic rings. The first-order chi connectivity index (χ1) is 13.0. The summed E-state index contributed by atoms with van der Waals surface area (Å²) >= 11 is 6.83. The van der Waals surface area contributed by atoms with Gasteiger partial charge in [0.2, 0.25) is 0 Å². The number of hydrogen-bond acceptors (Lipinski definition) is 5. The molecule has 0 spiro atoms. The summed E-state index contributed by atoms with van der Waals surface area (Å²) < 4.78 is 17.7. The lowest BCUT2D eigenvalue weighted by Gasteiger charge is -2.10. The highest BCUT2D eigenvalue weighted by atomic mass is 79.9. The summed E-state index contributed by atoms with van der Waals surface area (Å²) in [6.07, 6.45) is 3.13. The maximum Gasteiger partial charge on any atom is 0.271 e. The number of rotatable bonds is 8. The van der Waals surface area contributed by atoms with Crippen LogP contribution in [0.4, 0.5) is 0 Å². The van der Waals surface area contributed by atoms with Gasteiger partial charge in [-0.25, -0.2) is 5.43 Å². The largest absolute Gasteiger partial charge is 0.495 e. The Morgan fingerprint density at radius 2 is 1.96 bits per heavy atom. The van der Waals surface area contributed by atoms with Crippen LogP contribution >= 0.6 is 31.9 Å². The Bertz CT molecular complexity index is 869. The van der Waals surface area contributed by atoms with Crippen molar-refractivity contribution < 1.29 is 19.0 Å². The molecule has 0 fully saturated rings. The third-order valence-electron chi connectivity index (χ3n) is 3.39. The standard InChI is InChI=1S/C19H18Br2N2O4/c1-4-7-27-16-6-5-12(9-17(16)25-2)19(24)23-22-11-13-8-14(20)10-15(21)18(13)26-3/h4-6,8-11H,1,7H2,2-3H3,(H,23,24)/b22-11+. The first kappa shape index (κ1) is 21.0. The van der Waals surface area contributed by atoms with Crippen molar-refractivity contribution in [3.05, 3.63) is 63.1 Å². The van der Waals surface area contributed by atoms with E-state index in [0.29, 0.717) is 35.0 Å². The average molecular weight is 498 g/mol. The molecule has 0 saturated heterocycles. The zero-order valence-corrected chi connectivity index (χ0v) is 18.0. The van der Waals surface area contributed by atoms with Gasteiger partial charge in [0.25, 0.3) is 5.91 Å². The molecule has 2 aromatic carbocycles. The lowest BCUT2D eigenvalue weighted by Crippen LogP contribution is -2.17. The van der Waals surface area contributed by atoms with Gasteiger partial charge >= 0.3 is 0 Å². The normalized spacial score (nSPS) is 10.5. The molecule has 142 valence electrons. The fourth-order valence-corrected chi connectivity index (χ4v) is 3.61. The minimum atomic E-state index is -0.382. The molecule has 0 aromatic heterocycles. The van der Waals surface area contributed by atoms with Crippen LogP contribution in [0.15, 0.2) is 57.0 Å². The molecule has 27 heavy (non-hydrogen) atoms. The molecule has 0 atom stereocenters. The maximum atomic E-state index is 12.3. The van der Waals surface area contributed by atoms with Crippen LogP contribution in [-0.4, -0.2) is 32.9 Å². The molecule has 6 nitrogen and oxygen atoms in total. The SMILES string of the molecule is C=CCOc1ccc(C(=O)N/N=C/c2cc(Br)cc(Br)c2OC)cc1OC. The van der Waals surface area contributed by atoms with E-state index in [1.807, 2.05) is 12.1 Å². The molecule has 0 aliphatic carbocycles. The van der Waals surface area contributed by atoms with Crippen molar-refractivity contribution in [3.8, 4) is 17.2 Å². The van der Waals surface area contributed by atoms with Gasteiger partial charge in [-0.05, 0) is 46.3 Å². The van der Waals surface area contributed by atoms with Crippen molar-refractivity contribution in [2.75, 3.05) is 20.8 Å². The number of methoxy groups -OCH3 is 2. The molecule has 1 amide bonds. The molecule has 0 radical (unpaired) electrons. The van der Waals surface area contributed by atoms with Crippen LogP contribution in [0.1, 0.15) is 15.9 Å². The van der Waals surface area contributed by atoms with Crippen molar-refractivity contribution in [1.29, 1.82) is 0 Å². The molecule has 2 rings (SSSR count). The summed E-state index contributed by atoms with van der Waals surface area (Å²) in [5.41, 5.74) is 3.57. The average Bonchev–Trinajstić information content (AvgIpc) is 2.65. The Morgan fingerprint density at radius 3 is 2.63 bits per heavy atom. The molecule has 0 unspecified atom stereocenters. The highest BCUT2D eigenvalue weighted by Gasteiger charge is 2.11. The van der Waals surface area contributed by atoms with E-state index >= 15 is 0 Å². The summed E-state index contributed by atoms with van der Waals surface area (Å²) in [4.78, 5) is 12.3. The predicted molar refractivity (Wildman–Crippen MR) is 112 cm³/mol. The molecule has 0 bridgehead atoms. The number of halogens is 2. The Morgan fingerprint density at radius 1 is 1.19 bits per heavy atom. The van der Waals surface area contributed by atoms with Crippen LogP contribution in [0.5, 0.6) is 17.2 Å². The van der Waals surface area contributed by atoms with Gasteiger partial charge in [0.1, 0.15) is 12.4 Å². The predicted octanol–water partition coefficient (Wildman–Crippen LogP) is 4.56. The summed E-state index contributed by atoms with van der Waals surface area (Å²) in [6, 6.07) is 8.56. The van der Waals surface area contributed by atoms with E-state index in [1.165, 1.54) is 13.3 Å². The number of hydrogen-bond donors (Lipinski definition) is 1. The second-order valence-electron chi connectivity index (χ2n) is 5.17. The molecule has 1 N–H and O–H groups in total. The number of hydrazone groups is 1. The van der Waals surface area contributed by atoms with Gasteiger partial charge < -0.3 is 14.2 Å². The van der Waals surface area contributed by atoms with Crippen molar-refractivity contribution >= 4 is 44.0 Å². The van der Waals surface area contributed by atoms with E-state index in [4.69, 9.17) is 14.2 Å². The number of carbonyl (C=O) groups excluding carboxylic acids is 1. The smallest absolute Gasteiger partial charge is 0.271 e. The molecule has 0 aliphatic heterocycles. The van der Waals surface area contributed by atoms with Crippen LogP contribution in [0.3, 0.4) is 0 Å². The molecule has 0 heterocycles. The van der Waals surface area contributed by atoms with Crippen LogP contribution in [0.25, 0.3) is 0 Å². The van der Waals surface area contributed by atoms with Gasteiger partial charge in [-0.2, -0.15) is 5.10 Å². The Hall–Kier alpha value is -2.32. The third kappa shape index (κ3) is 5.58. The highest BCUT2D eigenvalue weighted by molar-refractivity contribution is 9.11. The molecular formula is C19H18Br2N2O4. The number of nitrogens with zero attached hydrogens (tertiary/aromatic N) is 1. The first-order valence-electron chi connectivity index (χ1n) is 7.78. The fraction of sp³-hybridized carbons (Fsp3) is 0.158. The zero-order chi connectivity index (χ0) is 19.8. The van der Waals surface area contributed by atoms with E-state index in [1.54, 1.807) is 31.4 Å². The summed E-state index contributed by atoms with van der Waals surface area (Å²) in [7, 11) is 3.07. The van der Waals surface area contributed by atoms with E-state index in [2.05, 4.69) is 49.0 Å². The van der Waals surface area contributed by atoms with E-state index in [9.17, 15) is 4.79 Å². The highest BCUT2D eigenvalue weighted by Crippen LogP contribution is 2.31. The van der Waals surface area contributed by atoms with Gasteiger partial charge in [-0.15, -0.1) is 0 Å². The van der Waals surface area contributed by atoms with Crippen LogP contribution in [0, 0.1) is 0 Å². The second kappa shape index (κ2) is 10.1. The minimum Gasteiger partial charge on any atom is -0.495 e. The number of amides is 1. The summed E-state index contributed by atoms with van der Waals surface area (Å²) in [6.45, 7) is 3.94. The van der Waals surface area contributed by atoms with Gasteiger partial charge in [0.05, 0.1) is 24.9 Å². The van der Waals surface area contributed by atoms with Crippen molar-refractivity contribution in [1.82, 2.24) is 5.43 Å². The van der Waals surface area contributed by atoms with Crippen molar-refractivity contribution in [2.24, 2.45) is 5.10 Å². The first-order valence-corrected chi connectivity index (χ1v) is 9.37. The quantitative estimate of drug-likeness (QED) is 0.330. The minimum absolute atomic E-state index is 0.343. The van der Waals surface area contributed by atoms with Gasteiger partial charge in [0, 0.05) is 15.6 Å². The van der Waals surface area contributed by atoms with E-state index in [-0.39, 0.29) is 5.91 Å². The number of ether oxygens (including phenoxy) is 3. The van der Waals surface area contributed by atoms with Crippen LogP contribution in [0.2, 0.25) is 0 Å². The number of carbonyl (C=O) groups is 1. The lowest BCUT2D eigenvalue weighted by atomic mass is 10.2. The summed E-state index contributed by atoms with van der Waals surface area (Å²) in [5, 5.41) is 4.00. The fourth-order valence-electron chi connectivity index (χ4n) is 2.19. The third-order valence-corrected chi connectivity index (χ3v) is 4.44. The van der Waals surface area contributed by atoms with Crippen LogP contribution in [-0.2, 0) is 0 Å². The second-order valence-corrected chi connectivity index (χ2v) is 6.94. The maximum absolute atomic E-state index is 12.3. The molecule has 0 saturated carbocycles. The van der Waals surface area contributed by atoms with Gasteiger partial charge in [0.15, 0.2) is 11.5 Å². The van der Waals surface area contributed by atoms with Crippen molar-refractivity contribution in [3.63, 3.8) is 0 Å². The van der Waals surface area contributed by atoms with Gasteiger partial charge in [-0.1, -0.05) is 28.6 Å². The zero-order valence-electron chi connectivity index (χ0n) is 14.8. The monoisotopic (exact) mass is 496 g/mol. The topological polar surface area (TPSA) is 69.2 Å². The van der Waals surface area contributed by atoms with Crippen LogP contribution < -0.4 is 19.6 Å². The lowest BCUT2D eigenvalue weighted by molar-refractivity contribution is 0.0954. The Labute approximate surface area is 174 Å². The van der Waals surface area contributed by atoms with E-state index in [0.717, 1.165) is 8.95 Å². The Kier molecular flexibility index (Phi) is 7.87. The number of nitrogens with one attached hydrogen (secondary N) is 1. The molecule has 2 aromatic rings. The molecular weight excluding hydrogens is 480 g/mol. The summed E-state index contributed by atoms with van der Waals surface area (Å²) in [5.74, 6) is 1.21. The van der Waals surface area contributed by atoms with Crippen molar-refractivity contribution in [2.45, 2.75) is 0 Å². The van der Waals surface area contributed by atoms with E-state index < -0.39 is 0 Å². The Balaban J connectivity index is 2.14. The van der Waals surface area contributed by atoms with Gasteiger partial charge in [-0.3, -0.25) is 4.79 Å². The molecule has 8 heteroatoms.